The van der Waals surface area contributed by atoms with Crippen LogP contribution in [0, 0.1) is 11.2 Å². The third kappa shape index (κ3) is 2.94. The highest BCUT2D eigenvalue weighted by atomic mass is 79.9. The fourth-order valence-electron chi connectivity index (χ4n) is 3.17. The van der Waals surface area contributed by atoms with Crippen molar-refractivity contribution >= 4 is 15.9 Å². The van der Waals surface area contributed by atoms with Gasteiger partial charge in [-0.2, -0.15) is 0 Å². The average molecular weight is 315 g/mol. The zero-order valence-corrected chi connectivity index (χ0v) is 12.3. The van der Waals surface area contributed by atoms with Gasteiger partial charge in [-0.15, -0.1) is 0 Å². The first kappa shape index (κ1) is 14.0. The first-order valence-corrected chi connectivity index (χ1v) is 7.48. The summed E-state index contributed by atoms with van der Waals surface area (Å²) in [6.07, 6.45) is 5.80. The van der Waals surface area contributed by atoms with Gasteiger partial charge in [-0.05, 0) is 54.9 Å². The summed E-state index contributed by atoms with van der Waals surface area (Å²) in [5.74, 6) is -0.247. The van der Waals surface area contributed by atoms with Gasteiger partial charge in [0, 0.05) is 4.47 Å². The fraction of sp³-hybridized carbons (Fsp3) is 0.600. The van der Waals surface area contributed by atoms with E-state index in [-0.39, 0.29) is 17.3 Å². The molecule has 1 nitrogen and oxygen atoms in total. The molecule has 0 spiro atoms. The van der Waals surface area contributed by atoms with Crippen molar-refractivity contribution in [1.29, 1.82) is 0 Å². The molecular weight excluding hydrogens is 295 g/mol. The highest BCUT2D eigenvalue weighted by Crippen LogP contribution is 2.44. The van der Waals surface area contributed by atoms with E-state index in [4.69, 9.17) is 0 Å². The smallest absolute Gasteiger partial charge is 0.124 e. The summed E-state index contributed by atoms with van der Waals surface area (Å²) in [5.41, 5.74) is 0.924. The van der Waals surface area contributed by atoms with Crippen molar-refractivity contribution in [2.45, 2.75) is 51.6 Å². The summed E-state index contributed by atoms with van der Waals surface area (Å²) in [5, 5.41) is 10.5. The summed E-state index contributed by atoms with van der Waals surface area (Å²) >= 11 is 3.30. The molecule has 1 aromatic carbocycles. The summed E-state index contributed by atoms with van der Waals surface area (Å²) in [7, 11) is 0. The predicted molar refractivity (Wildman–Crippen MR) is 75.0 cm³/mol. The van der Waals surface area contributed by atoms with Crippen LogP contribution in [0.4, 0.5) is 4.39 Å². The Hall–Kier alpha value is -0.410. The van der Waals surface area contributed by atoms with Gasteiger partial charge >= 0.3 is 0 Å². The molecule has 1 aliphatic rings. The number of aliphatic hydroxyl groups is 1. The maximum Gasteiger partial charge on any atom is 0.124 e. The van der Waals surface area contributed by atoms with Gasteiger partial charge in [-0.25, -0.2) is 4.39 Å². The molecule has 1 fully saturated rings. The Labute approximate surface area is 117 Å². The number of benzene rings is 1. The summed E-state index contributed by atoms with van der Waals surface area (Å²) in [6, 6.07) is 4.86. The molecule has 0 radical (unpaired) electrons. The van der Waals surface area contributed by atoms with Crippen LogP contribution in [0.3, 0.4) is 0 Å². The van der Waals surface area contributed by atoms with E-state index in [0.29, 0.717) is 6.42 Å². The highest BCUT2D eigenvalue weighted by Gasteiger charge is 2.38. The Morgan fingerprint density at radius 3 is 2.56 bits per heavy atom. The second kappa shape index (κ2) is 5.70. The van der Waals surface area contributed by atoms with E-state index in [1.807, 2.05) is 6.07 Å². The van der Waals surface area contributed by atoms with Crippen LogP contribution in [0.25, 0.3) is 0 Å². The van der Waals surface area contributed by atoms with Gasteiger partial charge in [0.1, 0.15) is 5.82 Å². The van der Waals surface area contributed by atoms with Gasteiger partial charge < -0.3 is 5.11 Å². The Balaban J connectivity index is 2.12. The molecule has 0 amide bonds. The first-order chi connectivity index (χ1) is 8.55. The van der Waals surface area contributed by atoms with Gasteiger partial charge in [0.05, 0.1) is 6.10 Å². The molecule has 1 unspecified atom stereocenters. The lowest BCUT2D eigenvalue weighted by molar-refractivity contribution is 0.0257. The minimum atomic E-state index is -0.362. The largest absolute Gasteiger partial charge is 0.392 e. The molecule has 100 valence electrons. The zero-order valence-electron chi connectivity index (χ0n) is 10.8. The molecule has 1 aliphatic carbocycles. The normalized spacial score (nSPS) is 20.0. The lowest BCUT2D eigenvalue weighted by Gasteiger charge is -2.33. The van der Waals surface area contributed by atoms with Crippen LogP contribution in [0.15, 0.2) is 22.7 Å². The molecule has 3 heteroatoms. The number of hydrogen-bond acceptors (Lipinski definition) is 1. The van der Waals surface area contributed by atoms with Crippen molar-refractivity contribution in [3.8, 4) is 0 Å². The van der Waals surface area contributed by atoms with E-state index in [0.717, 1.165) is 29.3 Å². The summed E-state index contributed by atoms with van der Waals surface area (Å²) in [6.45, 7) is 2.15. The van der Waals surface area contributed by atoms with E-state index in [2.05, 4.69) is 22.9 Å². The van der Waals surface area contributed by atoms with Crippen molar-refractivity contribution in [2.75, 3.05) is 0 Å². The molecule has 0 bridgehead atoms. The average Bonchev–Trinajstić information content (AvgIpc) is 2.77. The number of rotatable bonds is 4. The Kier molecular flexibility index (Phi) is 4.44. The third-order valence-electron chi connectivity index (χ3n) is 4.36. The lowest BCUT2D eigenvalue weighted by atomic mass is 9.76. The molecule has 1 N–H and O–H groups in total. The van der Waals surface area contributed by atoms with E-state index in [1.54, 1.807) is 0 Å². The number of halogens is 2. The molecule has 1 saturated carbocycles. The Bertz CT molecular complexity index is 393. The molecule has 1 atom stereocenters. The van der Waals surface area contributed by atoms with Gasteiger partial charge in [0.2, 0.25) is 0 Å². The van der Waals surface area contributed by atoms with Crippen LogP contribution < -0.4 is 0 Å². The van der Waals surface area contributed by atoms with Crippen molar-refractivity contribution in [1.82, 2.24) is 0 Å². The summed E-state index contributed by atoms with van der Waals surface area (Å²) in [4.78, 5) is 0. The van der Waals surface area contributed by atoms with E-state index in [1.165, 1.54) is 25.0 Å². The predicted octanol–water partition coefficient (Wildman–Crippen LogP) is 4.46. The van der Waals surface area contributed by atoms with Crippen molar-refractivity contribution in [2.24, 2.45) is 5.41 Å². The zero-order chi connectivity index (χ0) is 13.2. The number of hydrogen-bond donors (Lipinski definition) is 1. The lowest BCUT2D eigenvalue weighted by Crippen LogP contribution is -2.33. The Morgan fingerprint density at radius 1 is 1.33 bits per heavy atom. The molecule has 1 aromatic rings. The number of aliphatic hydroxyl groups excluding tert-OH is 1. The van der Waals surface area contributed by atoms with Crippen LogP contribution in [0.2, 0.25) is 0 Å². The maximum atomic E-state index is 13.3. The standard InChI is InChI=1S/C15H20BrFO/c1-2-15(5-3-4-6-15)14(18)9-11-7-12(16)10-13(17)8-11/h7-8,10,14,18H,2-6,9H2,1H3. The van der Waals surface area contributed by atoms with Crippen molar-refractivity contribution in [3.05, 3.63) is 34.1 Å². The SMILES string of the molecule is CCC1(C(O)Cc2cc(F)cc(Br)c2)CCCC1. The van der Waals surface area contributed by atoms with E-state index in [9.17, 15) is 9.50 Å². The van der Waals surface area contributed by atoms with E-state index < -0.39 is 0 Å². The van der Waals surface area contributed by atoms with Crippen LogP contribution in [0.5, 0.6) is 0 Å². The second-order valence-corrected chi connectivity index (χ2v) is 6.34. The topological polar surface area (TPSA) is 20.2 Å². The van der Waals surface area contributed by atoms with Gasteiger partial charge in [-0.1, -0.05) is 35.7 Å². The third-order valence-corrected chi connectivity index (χ3v) is 4.82. The molecule has 18 heavy (non-hydrogen) atoms. The van der Waals surface area contributed by atoms with Crippen molar-refractivity contribution in [3.63, 3.8) is 0 Å². The van der Waals surface area contributed by atoms with Crippen LogP contribution >= 0.6 is 15.9 Å². The minimum Gasteiger partial charge on any atom is -0.392 e. The highest BCUT2D eigenvalue weighted by molar-refractivity contribution is 9.10. The minimum absolute atomic E-state index is 0.0544. The maximum absolute atomic E-state index is 13.3. The Morgan fingerprint density at radius 2 is 2.00 bits per heavy atom. The van der Waals surface area contributed by atoms with Crippen LogP contribution in [-0.2, 0) is 6.42 Å². The fourth-order valence-corrected chi connectivity index (χ4v) is 3.68. The second-order valence-electron chi connectivity index (χ2n) is 5.42. The molecule has 0 heterocycles. The molecule has 0 saturated heterocycles. The van der Waals surface area contributed by atoms with Gasteiger partial charge in [-0.3, -0.25) is 0 Å². The molecule has 2 rings (SSSR count). The first-order valence-electron chi connectivity index (χ1n) is 6.69. The quantitative estimate of drug-likeness (QED) is 0.869. The molecular formula is C15H20BrFO. The summed E-state index contributed by atoms with van der Waals surface area (Å²) < 4.78 is 14.1. The molecule has 0 aromatic heterocycles. The van der Waals surface area contributed by atoms with Gasteiger partial charge in [0.15, 0.2) is 0 Å². The van der Waals surface area contributed by atoms with Crippen LogP contribution in [0.1, 0.15) is 44.6 Å². The van der Waals surface area contributed by atoms with Crippen LogP contribution in [-0.4, -0.2) is 11.2 Å². The molecule has 0 aliphatic heterocycles. The van der Waals surface area contributed by atoms with Crippen molar-refractivity contribution < 1.29 is 9.50 Å². The van der Waals surface area contributed by atoms with Gasteiger partial charge in [0.25, 0.3) is 0 Å². The monoisotopic (exact) mass is 314 g/mol. The van der Waals surface area contributed by atoms with E-state index >= 15 is 0 Å².